The van der Waals surface area contributed by atoms with Crippen molar-refractivity contribution in [2.75, 3.05) is 23.7 Å². The molecule has 0 amide bonds. The Morgan fingerprint density at radius 2 is 2.25 bits per heavy atom. The van der Waals surface area contributed by atoms with Gasteiger partial charge in [0.15, 0.2) is 0 Å². The Morgan fingerprint density at radius 1 is 1.50 bits per heavy atom. The fourth-order valence-electron chi connectivity index (χ4n) is 1.73. The molecule has 1 aromatic rings. The van der Waals surface area contributed by atoms with E-state index >= 15 is 0 Å². The number of anilines is 1. The van der Waals surface area contributed by atoms with Gasteiger partial charge in [-0.2, -0.15) is 0 Å². The molecular weight excluding hydrogens is 266 g/mol. The molecule has 0 atom stereocenters. The van der Waals surface area contributed by atoms with Crippen molar-refractivity contribution in [3.8, 4) is 0 Å². The van der Waals surface area contributed by atoms with Crippen LogP contribution in [0.2, 0.25) is 0 Å². The Hall–Kier alpha value is -0.390. The van der Waals surface area contributed by atoms with E-state index in [4.69, 9.17) is 10.7 Å². The summed E-state index contributed by atoms with van der Waals surface area (Å²) in [7, 11) is 1.71. The summed E-state index contributed by atoms with van der Waals surface area (Å²) in [5.74, 6) is 1.04. The lowest BCUT2D eigenvalue weighted by Gasteiger charge is -2.29. The van der Waals surface area contributed by atoms with E-state index in [1.165, 1.54) is 0 Å². The fourth-order valence-corrected chi connectivity index (χ4v) is 3.54. The molecule has 1 heterocycles. The first kappa shape index (κ1) is 12.1. The molecule has 0 radical (unpaired) electrons. The second kappa shape index (κ2) is 4.47. The quantitative estimate of drug-likeness (QED) is 0.779. The van der Waals surface area contributed by atoms with E-state index < -0.39 is 9.05 Å². The minimum absolute atomic E-state index is 0.175. The molecule has 2 rings (SSSR count). The van der Waals surface area contributed by atoms with Crippen molar-refractivity contribution in [3.63, 3.8) is 0 Å². The SMILES string of the molecule is CCN1CCSc2ccc(S(=O)(=O)Cl)cc21. The van der Waals surface area contributed by atoms with Crippen LogP contribution in [0.25, 0.3) is 0 Å². The van der Waals surface area contributed by atoms with Gasteiger partial charge in [-0.05, 0) is 25.1 Å². The Balaban J connectivity index is 2.51. The normalized spacial score (nSPS) is 16.0. The highest BCUT2D eigenvalue weighted by atomic mass is 35.7. The second-order valence-electron chi connectivity index (χ2n) is 3.50. The Bertz CT molecular complexity index is 502. The number of benzene rings is 1. The van der Waals surface area contributed by atoms with E-state index in [2.05, 4.69) is 11.8 Å². The third-order valence-corrected chi connectivity index (χ3v) is 4.95. The Morgan fingerprint density at radius 3 is 2.88 bits per heavy atom. The fraction of sp³-hybridized carbons (Fsp3) is 0.400. The largest absolute Gasteiger partial charge is 0.370 e. The summed E-state index contributed by atoms with van der Waals surface area (Å²) in [6, 6.07) is 5.05. The molecule has 88 valence electrons. The molecule has 0 unspecified atom stereocenters. The number of thioether (sulfide) groups is 1. The van der Waals surface area contributed by atoms with Gasteiger partial charge in [0.1, 0.15) is 0 Å². The van der Waals surface area contributed by atoms with E-state index in [0.717, 1.165) is 29.4 Å². The lowest BCUT2D eigenvalue weighted by atomic mass is 10.3. The standard InChI is InChI=1S/C10H12ClNO2S2/c1-2-12-5-6-15-10-4-3-8(7-9(10)12)16(11,13)14/h3-4,7H,2,5-6H2,1H3. The van der Waals surface area contributed by atoms with Gasteiger partial charge < -0.3 is 4.90 Å². The first-order valence-corrected chi connectivity index (χ1v) is 8.28. The molecule has 0 bridgehead atoms. The molecule has 1 aliphatic rings. The molecule has 1 aromatic carbocycles. The molecule has 0 N–H and O–H groups in total. The van der Waals surface area contributed by atoms with E-state index in [1.54, 1.807) is 23.9 Å². The molecule has 1 aliphatic heterocycles. The molecule has 6 heteroatoms. The molecule has 0 aromatic heterocycles. The maximum absolute atomic E-state index is 11.3. The van der Waals surface area contributed by atoms with Crippen LogP contribution in [0.15, 0.2) is 28.0 Å². The third-order valence-electron chi connectivity index (χ3n) is 2.55. The average Bonchev–Trinajstić information content (AvgIpc) is 2.26. The summed E-state index contributed by atoms with van der Waals surface area (Å²) < 4.78 is 22.5. The molecule has 3 nitrogen and oxygen atoms in total. The van der Waals surface area contributed by atoms with Gasteiger partial charge in [0.2, 0.25) is 0 Å². The Labute approximate surface area is 104 Å². The number of hydrogen-bond donors (Lipinski definition) is 0. The first-order chi connectivity index (χ1) is 7.52. The summed E-state index contributed by atoms with van der Waals surface area (Å²) >= 11 is 1.75. The van der Waals surface area contributed by atoms with Crippen molar-refractivity contribution in [3.05, 3.63) is 18.2 Å². The zero-order valence-corrected chi connectivity index (χ0v) is 11.2. The zero-order chi connectivity index (χ0) is 11.8. The maximum Gasteiger partial charge on any atom is 0.261 e. The van der Waals surface area contributed by atoms with Crippen molar-refractivity contribution in [2.24, 2.45) is 0 Å². The summed E-state index contributed by atoms with van der Waals surface area (Å²) in [5.41, 5.74) is 0.973. The van der Waals surface area contributed by atoms with Crippen LogP contribution in [0.1, 0.15) is 6.92 Å². The minimum Gasteiger partial charge on any atom is -0.370 e. The van der Waals surface area contributed by atoms with Crippen LogP contribution in [0.4, 0.5) is 5.69 Å². The van der Waals surface area contributed by atoms with Crippen LogP contribution in [0.3, 0.4) is 0 Å². The van der Waals surface area contributed by atoms with E-state index in [0.29, 0.717) is 0 Å². The highest BCUT2D eigenvalue weighted by molar-refractivity contribution is 8.13. The number of nitrogens with zero attached hydrogens (tertiary/aromatic N) is 1. The molecule has 0 saturated heterocycles. The zero-order valence-electron chi connectivity index (χ0n) is 8.81. The van der Waals surface area contributed by atoms with Crippen molar-refractivity contribution < 1.29 is 8.42 Å². The van der Waals surface area contributed by atoms with Crippen LogP contribution in [-0.4, -0.2) is 27.3 Å². The lowest BCUT2D eigenvalue weighted by Crippen LogP contribution is -2.28. The van der Waals surface area contributed by atoms with Crippen LogP contribution in [-0.2, 0) is 9.05 Å². The average molecular weight is 278 g/mol. The van der Waals surface area contributed by atoms with Gasteiger partial charge in [-0.3, -0.25) is 0 Å². The van der Waals surface area contributed by atoms with Gasteiger partial charge in [0, 0.05) is 34.4 Å². The lowest BCUT2D eigenvalue weighted by molar-refractivity contribution is 0.609. The maximum atomic E-state index is 11.3. The summed E-state index contributed by atoms with van der Waals surface area (Å²) in [5, 5.41) is 0. The predicted octanol–water partition coefficient (Wildman–Crippen LogP) is 2.55. The number of hydrogen-bond acceptors (Lipinski definition) is 4. The van der Waals surface area contributed by atoms with Gasteiger partial charge in [0.25, 0.3) is 9.05 Å². The molecule has 0 fully saturated rings. The number of halogens is 1. The van der Waals surface area contributed by atoms with Crippen LogP contribution in [0, 0.1) is 0 Å². The second-order valence-corrected chi connectivity index (χ2v) is 7.20. The van der Waals surface area contributed by atoms with Crippen molar-refractivity contribution in [2.45, 2.75) is 16.7 Å². The van der Waals surface area contributed by atoms with Crippen LogP contribution < -0.4 is 4.90 Å². The number of fused-ring (bicyclic) bond motifs is 1. The summed E-state index contributed by atoms with van der Waals surface area (Å²) in [4.78, 5) is 3.46. The van der Waals surface area contributed by atoms with Crippen molar-refractivity contribution in [1.29, 1.82) is 0 Å². The molecule has 0 aliphatic carbocycles. The van der Waals surface area contributed by atoms with Gasteiger partial charge in [-0.1, -0.05) is 0 Å². The van der Waals surface area contributed by atoms with Crippen LogP contribution in [0.5, 0.6) is 0 Å². The smallest absolute Gasteiger partial charge is 0.261 e. The molecular formula is C10H12ClNO2S2. The highest BCUT2D eigenvalue weighted by Gasteiger charge is 2.19. The topological polar surface area (TPSA) is 37.4 Å². The molecule has 0 saturated carbocycles. The monoisotopic (exact) mass is 277 g/mol. The molecule has 0 spiro atoms. The Kier molecular flexibility index (Phi) is 3.37. The van der Waals surface area contributed by atoms with E-state index in [-0.39, 0.29) is 4.90 Å². The van der Waals surface area contributed by atoms with Gasteiger partial charge >= 0.3 is 0 Å². The van der Waals surface area contributed by atoms with Gasteiger partial charge in [0.05, 0.1) is 10.6 Å². The molecule has 16 heavy (non-hydrogen) atoms. The minimum atomic E-state index is -3.63. The van der Waals surface area contributed by atoms with Gasteiger partial charge in [-0.15, -0.1) is 11.8 Å². The number of rotatable bonds is 2. The van der Waals surface area contributed by atoms with E-state index in [1.807, 2.05) is 6.07 Å². The van der Waals surface area contributed by atoms with Crippen LogP contribution >= 0.6 is 22.4 Å². The third kappa shape index (κ3) is 2.31. The first-order valence-electron chi connectivity index (χ1n) is 4.99. The van der Waals surface area contributed by atoms with Gasteiger partial charge in [-0.25, -0.2) is 8.42 Å². The van der Waals surface area contributed by atoms with E-state index in [9.17, 15) is 8.42 Å². The summed E-state index contributed by atoms with van der Waals surface area (Å²) in [6.07, 6.45) is 0. The highest BCUT2D eigenvalue weighted by Crippen LogP contribution is 2.36. The summed E-state index contributed by atoms with van der Waals surface area (Å²) in [6.45, 7) is 3.88. The predicted molar refractivity (Wildman–Crippen MR) is 68.1 cm³/mol. The van der Waals surface area contributed by atoms with Crippen molar-refractivity contribution in [1.82, 2.24) is 0 Å². The van der Waals surface area contributed by atoms with Crippen molar-refractivity contribution >= 4 is 37.2 Å².